The van der Waals surface area contributed by atoms with Gasteiger partial charge in [0.25, 0.3) is 0 Å². The second-order valence-electron chi connectivity index (χ2n) is 2.71. The van der Waals surface area contributed by atoms with Crippen LogP contribution in [-0.4, -0.2) is 12.2 Å². The maximum absolute atomic E-state index is 13.3. The number of primary amides is 1. The van der Waals surface area contributed by atoms with Crippen LogP contribution in [0, 0.1) is 12.7 Å². The van der Waals surface area contributed by atoms with Crippen molar-refractivity contribution in [2.24, 2.45) is 10.8 Å². The molecular weight excluding hydrogens is 185 g/mol. The third-order valence-electron chi connectivity index (χ3n) is 1.60. The summed E-state index contributed by atoms with van der Waals surface area (Å²) in [6.07, 6.45) is 1.20. The van der Waals surface area contributed by atoms with Crippen LogP contribution in [0.3, 0.4) is 0 Å². The smallest absolute Gasteiger partial charge is 0.332 e. The summed E-state index contributed by atoms with van der Waals surface area (Å²) in [7, 11) is 0. The minimum absolute atomic E-state index is 0.304. The molecule has 1 aromatic rings. The Labute approximate surface area is 80.6 Å². The van der Waals surface area contributed by atoms with E-state index >= 15 is 0 Å². The monoisotopic (exact) mass is 195 g/mol. The Kier molecular flexibility index (Phi) is 3.17. The lowest BCUT2D eigenvalue weighted by Crippen LogP contribution is -2.24. The zero-order valence-corrected chi connectivity index (χ0v) is 7.62. The molecule has 0 aliphatic heterocycles. The van der Waals surface area contributed by atoms with Crippen molar-refractivity contribution in [1.29, 1.82) is 0 Å². The first-order valence-electron chi connectivity index (χ1n) is 3.95. The summed E-state index contributed by atoms with van der Waals surface area (Å²) in [4.78, 5) is 10.2. The Morgan fingerprint density at radius 3 is 3.00 bits per heavy atom. The highest BCUT2D eigenvalue weighted by Crippen LogP contribution is 2.09. The fourth-order valence-corrected chi connectivity index (χ4v) is 0.935. The molecule has 0 saturated heterocycles. The fourth-order valence-electron chi connectivity index (χ4n) is 0.935. The number of rotatable bonds is 2. The number of hydrogen-bond donors (Lipinski definition) is 2. The van der Waals surface area contributed by atoms with Gasteiger partial charge in [-0.1, -0.05) is 18.2 Å². The number of carbonyl (C=O) groups excluding carboxylic acids is 1. The summed E-state index contributed by atoms with van der Waals surface area (Å²) >= 11 is 0. The Morgan fingerprint density at radius 2 is 2.36 bits per heavy atom. The van der Waals surface area contributed by atoms with Crippen molar-refractivity contribution >= 4 is 12.2 Å². The third-order valence-corrected chi connectivity index (χ3v) is 1.60. The molecule has 0 fully saturated rings. The molecule has 14 heavy (non-hydrogen) atoms. The van der Waals surface area contributed by atoms with E-state index in [1.54, 1.807) is 25.1 Å². The zero-order valence-electron chi connectivity index (χ0n) is 7.62. The average molecular weight is 195 g/mol. The number of urea groups is 1. The SMILES string of the molecule is Cc1cccc(C=NNC(N)=O)c1F. The summed E-state index contributed by atoms with van der Waals surface area (Å²) in [5.41, 5.74) is 7.58. The fraction of sp³-hybridized carbons (Fsp3) is 0.111. The highest BCUT2D eigenvalue weighted by atomic mass is 19.1. The molecule has 0 spiro atoms. The minimum atomic E-state index is -0.783. The van der Waals surface area contributed by atoms with E-state index in [9.17, 15) is 9.18 Å². The van der Waals surface area contributed by atoms with Crippen LogP contribution >= 0.6 is 0 Å². The molecule has 3 N–H and O–H groups in total. The van der Waals surface area contributed by atoms with Crippen LogP contribution in [0.2, 0.25) is 0 Å². The van der Waals surface area contributed by atoms with E-state index in [0.717, 1.165) is 0 Å². The highest BCUT2D eigenvalue weighted by molar-refractivity contribution is 5.81. The molecule has 0 atom stereocenters. The van der Waals surface area contributed by atoms with Gasteiger partial charge in [0.05, 0.1) is 6.21 Å². The number of nitrogens with two attached hydrogens (primary N) is 1. The number of carbonyl (C=O) groups is 1. The van der Waals surface area contributed by atoms with Gasteiger partial charge in [0.2, 0.25) is 0 Å². The van der Waals surface area contributed by atoms with Crippen LogP contribution in [0.4, 0.5) is 9.18 Å². The highest BCUT2D eigenvalue weighted by Gasteiger charge is 2.01. The topological polar surface area (TPSA) is 67.5 Å². The molecule has 74 valence electrons. The third kappa shape index (κ3) is 2.55. The van der Waals surface area contributed by atoms with E-state index in [2.05, 4.69) is 5.10 Å². The second-order valence-corrected chi connectivity index (χ2v) is 2.71. The predicted octanol–water partition coefficient (Wildman–Crippen LogP) is 1.14. The predicted molar refractivity (Wildman–Crippen MR) is 51.5 cm³/mol. The van der Waals surface area contributed by atoms with Crippen molar-refractivity contribution in [2.75, 3.05) is 0 Å². The van der Waals surface area contributed by atoms with Gasteiger partial charge in [0.1, 0.15) is 5.82 Å². The first-order chi connectivity index (χ1) is 6.61. The van der Waals surface area contributed by atoms with Crippen molar-refractivity contribution in [3.05, 3.63) is 35.1 Å². The molecule has 0 aliphatic rings. The zero-order chi connectivity index (χ0) is 10.6. The van der Waals surface area contributed by atoms with Gasteiger partial charge in [-0.05, 0) is 12.5 Å². The largest absolute Gasteiger partial charge is 0.350 e. The maximum atomic E-state index is 13.3. The van der Waals surface area contributed by atoms with Crippen molar-refractivity contribution in [3.63, 3.8) is 0 Å². The van der Waals surface area contributed by atoms with Crippen LogP contribution in [-0.2, 0) is 0 Å². The molecule has 0 bridgehead atoms. The minimum Gasteiger partial charge on any atom is -0.350 e. The summed E-state index contributed by atoms with van der Waals surface area (Å²) < 4.78 is 13.3. The summed E-state index contributed by atoms with van der Waals surface area (Å²) in [5.74, 6) is -0.359. The summed E-state index contributed by atoms with van der Waals surface area (Å²) in [5, 5.41) is 3.45. The standard InChI is InChI=1S/C9H10FN3O/c1-6-3-2-4-7(8(6)10)5-12-13-9(11)14/h2-5H,1H3,(H3,11,13,14). The Morgan fingerprint density at radius 1 is 1.64 bits per heavy atom. The number of benzene rings is 1. The van der Waals surface area contributed by atoms with Gasteiger partial charge in [-0.15, -0.1) is 0 Å². The van der Waals surface area contributed by atoms with Crippen molar-refractivity contribution in [1.82, 2.24) is 5.43 Å². The molecule has 0 saturated carbocycles. The normalized spacial score (nSPS) is 10.4. The lowest BCUT2D eigenvalue weighted by Gasteiger charge is -1.99. The van der Waals surface area contributed by atoms with Gasteiger partial charge in [0, 0.05) is 5.56 Å². The van der Waals surface area contributed by atoms with E-state index < -0.39 is 6.03 Å². The van der Waals surface area contributed by atoms with E-state index in [1.165, 1.54) is 6.21 Å². The summed E-state index contributed by atoms with van der Waals surface area (Å²) in [6.45, 7) is 1.65. The lowest BCUT2D eigenvalue weighted by molar-refractivity contribution is 0.249. The van der Waals surface area contributed by atoms with E-state index in [-0.39, 0.29) is 5.82 Å². The molecule has 0 radical (unpaired) electrons. The summed E-state index contributed by atoms with van der Waals surface area (Å²) in [6, 6.07) is 4.11. The number of aryl methyl sites for hydroxylation is 1. The molecule has 0 aromatic heterocycles. The Bertz CT molecular complexity index is 376. The lowest BCUT2D eigenvalue weighted by atomic mass is 10.1. The van der Waals surface area contributed by atoms with Crippen LogP contribution in [0.15, 0.2) is 23.3 Å². The van der Waals surface area contributed by atoms with Crippen molar-refractivity contribution < 1.29 is 9.18 Å². The van der Waals surface area contributed by atoms with E-state index in [1.807, 2.05) is 5.43 Å². The molecule has 2 amide bonds. The molecule has 1 rings (SSSR count). The van der Waals surface area contributed by atoms with Crippen molar-refractivity contribution in [3.8, 4) is 0 Å². The molecule has 4 nitrogen and oxygen atoms in total. The van der Waals surface area contributed by atoms with Crippen LogP contribution in [0.1, 0.15) is 11.1 Å². The Balaban J connectivity index is 2.81. The van der Waals surface area contributed by atoms with Gasteiger partial charge in [-0.25, -0.2) is 14.6 Å². The molecule has 0 unspecified atom stereocenters. The van der Waals surface area contributed by atoms with E-state index in [0.29, 0.717) is 11.1 Å². The van der Waals surface area contributed by atoms with Crippen LogP contribution in [0.25, 0.3) is 0 Å². The quantitative estimate of drug-likeness (QED) is 0.539. The first kappa shape index (κ1) is 10.2. The number of nitrogens with zero attached hydrogens (tertiary/aromatic N) is 1. The number of hydrogen-bond acceptors (Lipinski definition) is 2. The molecule has 0 heterocycles. The second kappa shape index (κ2) is 4.36. The van der Waals surface area contributed by atoms with Gasteiger partial charge in [0.15, 0.2) is 0 Å². The molecular formula is C9H10FN3O. The number of amides is 2. The van der Waals surface area contributed by atoms with Gasteiger partial charge >= 0.3 is 6.03 Å². The number of halogens is 1. The van der Waals surface area contributed by atoms with Crippen LogP contribution < -0.4 is 11.2 Å². The molecule has 1 aromatic carbocycles. The van der Waals surface area contributed by atoms with Gasteiger partial charge in [-0.2, -0.15) is 5.10 Å². The van der Waals surface area contributed by atoms with Crippen molar-refractivity contribution in [2.45, 2.75) is 6.92 Å². The van der Waals surface area contributed by atoms with Crippen LogP contribution in [0.5, 0.6) is 0 Å². The molecule has 5 heteroatoms. The maximum Gasteiger partial charge on any atom is 0.332 e. The first-order valence-corrected chi connectivity index (χ1v) is 3.95. The molecule has 0 aliphatic carbocycles. The average Bonchev–Trinajstić information content (AvgIpc) is 2.12. The van der Waals surface area contributed by atoms with E-state index in [4.69, 9.17) is 5.73 Å². The van der Waals surface area contributed by atoms with Gasteiger partial charge < -0.3 is 5.73 Å². The number of nitrogens with one attached hydrogen (secondary N) is 1. The number of hydrazone groups is 1. The van der Waals surface area contributed by atoms with Gasteiger partial charge in [-0.3, -0.25) is 0 Å². The Hall–Kier alpha value is -1.91.